The molecule has 2 aromatic rings. The predicted octanol–water partition coefficient (Wildman–Crippen LogP) is 3.51. The summed E-state index contributed by atoms with van der Waals surface area (Å²) >= 11 is 5.95. The van der Waals surface area contributed by atoms with Crippen molar-refractivity contribution >= 4 is 29.0 Å². The van der Waals surface area contributed by atoms with E-state index in [4.69, 9.17) is 11.6 Å². The molecular formula is C15H17ClN4O. The number of halogens is 1. The second-order valence-electron chi connectivity index (χ2n) is 4.63. The van der Waals surface area contributed by atoms with Crippen molar-refractivity contribution in [2.45, 2.75) is 20.3 Å². The molecule has 21 heavy (non-hydrogen) atoms. The van der Waals surface area contributed by atoms with Crippen LogP contribution in [0.15, 0.2) is 30.5 Å². The molecule has 0 bridgehead atoms. The Labute approximate surface area is 128 Å². The molecule has 110 valence electrons. The number of rotatable bonds is 5. The summed E-state index contributed by atoms with van der Waals surface area (Å²) in [7, 11) is 0. The monoisotopic (exact) mass is 304 g/mol. The van der Waals surface area contributed by atoms with Crippen LogP contribution in [0.3, 0.4) is 0 Å². The van der Waals surface area contributed by atoms with Crippen molar-refractivity contribution in [2.75, 3.05) is 17.2 Å². The molecule has 0 saturated heterocycles. The Kier molecular flexibility index (Phi) is 5.11. The van der Waals surface area contributed by atoms with Crippen molar-refractivity contribution in [3.8, 4) is 0 Å². The van der Waals surface area contributed by atoms with Gasteiger partial charge in [-0.15, -0.1) is 0 Å². The molecule has 2 N–H and O–H groups in total. The van der Waals surface area contributed by atoms with E-state index in [1.54, 1.807) is 18.3 Å². The number of amides is 1. The fourth-order valence-electron chi connectivity index (χ4n) is 1.72. The predicted molar refractivity (Wildman–Crippen MR) is 85.0 cm³/mol. The van der Waals surface area contributed by atoms with Crippen LogP contribution in [-0.4, -0.2) is 22.4 Å². The average Bonchev–Trinajstić information content (AvgIpc) is 2.47. The van der Waals surface area contributed by atoms with Gasteiger partial charge in [-0.3, -0.25) is 9.78 Å². The third-order valence-electron chi connectivity index (χ3n) is 2.78. The number of nitrogens with zero attached hydrogens (tertiary/aromatic N) is 2. The van der Waals surface area contributed by atoms with Crippen LogP contribution in [0.4, 0.5) is 11.5 Å². The molecule has 0 fully saturated rings. The zero-order valence-electron chi connectivity index (χ0n) is 12.0. The molecule has 2 heterocycles. The highest BCUT2D eigenvalue weighted by molar-refractivity contribution is 6.30. The van der Waals surface area contributed by atoms with Crippen molar-refractivity contribution < 1.29 is 4.79 Å². The topological polar surface area (TPSA) is 66.9 Å². The summed E-state index contributed by atoms with van der Waals surface area (Å²) in [6.45, 7) is 4.71. The average molecular weight is 305 g/mol. The summed E-state index contributed by atoms with van der Waals surface area (Å²) in [5, 5.41) is 6.17. The van der Waals surface area contributed by atoms with E-state index in [0.29, 0.717) is 17.1 Å². The standard InChI is InChI=1S/C15H17ClN4O/c1-3-6-17-14-8-11(7-13(16)20-14)15(21)19-12-5-4-10(2)18-9-12/h4-5,7-9H,3,6H2,1-2H3,(H,17,20)(H,19,21). The van der Waals surface area contributed by atoms with Gasteiger partial charge in [0, 0.05) is 17.8 Å². The summed E-state index contributed by atoms with van der Waals surface area (Å²) in [6, 6.07) is 6.86. The van der Waals surface area contributed by atoms with Gasteiger partial charge in [0.05, 0.1) is 11.9 Å². The lowest BCUT2D eigenvalue weighted by molar-refractivity contribution is 0.102. The van der Waals surface area contributed by atoms with Gasteiger partial charge in [0.25, 0.3) is 5.91 Å². The highest BCUT2D eigenvalue weighted by Crippen LogP contribution is 2.16. The van der Waals surface area contributed by atoms with E-state index in [2.05, 4.69) is 27.5 Å². The maximum atomic E-state index is 12.2. The molecule has 0 aliphatic heterocycles. The normalized spacial score (nSPS) is 10.2. The van der Waals surface area contributed by atoms with Gasteiger partial charge >= 0.3 is 0 Å². The molecule has 0 atom stereocenters. The van der Waals surface area contributed by atoms with Gasteiger partial charge < -0.3 is 10.6 Å². The largest absolute Gasteiger partial charge is 0.370 e. The van der Waals surface area contributed by atoms with Crippen LogP contribution < -0.4 is 10.6 Å². The van der Waals surface area contributed by atoms with Crippen LogP contribution in [0.25, 0.3) is 0 Å². The van der Waals surface area contributed by atoms with Gasteiger partial charge in [-0.05, 0) is 37.6 Å². The van der Waals surface area contributed by atoms with Crippen molar-refractivity contribution in [1.29, 1.82) is 0 Å². The fraction of sp³-hybridized carbons (Fsp3) is 0.267. The minimum atomic E-state index is -0.246. The molecular weight excluding hydrogens is 288 g/mol. The summed E-state index contributed by atoms with van der Waals surface area (Å²) in [6.07, 6.45) is 2.58. The number of pyridine rings is 2. The first-order valence-electron chi connectivity index (χ1n) is 6.74. The first-order chi connectivity index (χ1) is 10.1. The number of anilines is 2. The Bertz CT molecular complexity index is 628. The van der Waals surface area contributed by atoms with Crippen molar-refractivity contribution in [3.05, 3.63) is 46.9 Å². The first kappa shape index (κ1) is 15.3. The highest BCUT2D eigenvalue weighted by atomic mass is 35.5. The molecule has 0 aliphatic carbocycles. The van der Waals surface area contributed by atoms with E-state index >= 15 is 0 Å². The molecule has 0 unspecified atom stereocenters. The van der Waals surface area contributed by atoms with Gasteiger partial charge in [-0.1, -0.05) is 18.5 Å². The highest BCUT2D eigenvalue weighted by Gasteiger charge is 2.10. The third kappa shape index (κ3) is 4.43. The molecule has 0 radical (unpaired) electrons. The van der Waals surface area contributed by atoms with Gasteiger partial charge in [0.2, 0.25) is 0 Å². The number of aryl methyl sites for hydroxylation is 1. The molecule has 0 saturated carbocycles. The van der Waals surface area contributed by atoms with Gasteiger partial charge in [-0.2, -0.15) is 0 Å². The van der Waals surface area contributed by atoms with E-state index in [-0.39, 0.29) is 11.1 Å². The van der Waals surface area contributed by atoms with Gasteiger partial charge in [0.15, 0.2) is 0 Å². The molecule has 1 amide bonds. The lowest BCUT2D eigenvalue weighted by Crippen LogP contribution is -2.13. The number of aromatic nitrogens is 2. The van der Waals surface area contributed by atoms with Crippen molar-refractivity contribution in [3.63, 3.8) is 0 Å². The summed E-state index contributed by atoms with van der Waals surface area (Å²) < 4.78 is 0. The van der Waals surface area contributed by atoms with Gasteiger partial charge in [0.1, 0.15) is 11.0 Å². The lowest BCUT2D eigenvalue weighted by Gasteiger charge is -2.08. The van der Waals surface area contributed by atoms with Crippen LogP contribution in [0.5, 0.6) is 0 Å². The maximum absolute atomic E-state index is 12.2. The van der Waals surface area contributed by atoms with Crippen LogP contribution in [0.1, 0.15) is 29.4 Å². The summed E-state index contributed by atoms with van der Waals surface area (Å²) in [4.78, 5) is 20.5. The molecule has 2 rings (SSSR count). The van der Waals surface area contributed by atoms with Gasteiger partial charge in [-0.25, -0.2) is 4.98 Å². The third-order valence-corrected chi connectivity index (χ3v) is 2.98. The molecule has 0 aromatic carbocycles. The molecule has 6 heteroatoms. The minimum absolute atomic E-state index is 0.246. The quantitative estimate of drug-likeness (QED) is 0.830. The SMILES string of the molecule is CCCNc1cc(C(=O)Nc2ccc(C)nc2)cc(Cl)n1. The Morgan fingerprint density at radius 1 is 1.33 bits per heavy atom. The second-order valence-corrected chi connectivity index (χ2v) is 5.02. The Morgan fingerprint density at radius 3 is 2.81 bits per heavy atom. The molecule has 5 nitrogen and oxygen atoms in total. The Morgan fingerprint density at radius 2 is 2.14 bits per heavy atom. The van der Waals surface area contributed by atoms with Crippen LogP contribution in [-0.2, 0) is 0 Å². The molecule has 0 aliphatic rings. The summed E-state index contributed by atoms with van der Waals surface area (Å²) in [5.41, 5.74) is 1.99. The molecule has 2 aromatic heterocycles. The van der Waals surface area contributed by atoms with Crippen molar-refractivity contribution in [2.24, 2.45) is 0 Å². The first-order valence-corrected chi connectivity index (χ1v) is 7.11. The Hall–Kier alpha value is -2.14. The maximum Gasteiger partial charge on any atom is 0.255 e. The number of carbonyl (C=O) groups is 1. The van der Waals surface area contributed by atoms with E-state index in [0.717, 1.165) is 18.7 Å². The van der Waals surface area contributed by atoms with Crippen molar-refractivity contribution in [1.82, 2.24) is 9.97 Å². The zero-order valence-corrected chi connectivity index (χ0v) is 12.7. The van der Waals surface area contributed by atoms with E-state index in [1.165, 1.54) is 6.07 Å². The zero-order chi connectivity index (χ0) is 15.2. The number of hydrogen-bond acceptors (Lipinski definition) is 4. The van der Waals surface area contributed by atoms with E-state index in [1.807, 2.05) is 13.0 Å². The minimum Gasteiger partial charge on any atom is -0.370 e. The Balaban J connectivity index is 2.14. The second kappa shape index (κ2) is 7.04. The lowest BCUT2D eigenvalue weighted by atomic mass is 10.2. The number of hydrogen-bond donors (Lipinski definition) is 2. The van der Waals surface area contributed by atoms with Crippen LogP contribution >= 0.6 is 11.6 Å². The van der Waals surface area contributed by atoms with E-state index < -0.39 is 0 Å². The number of carbonyl (C=O) groups excluding carboxylic acids is 1. The smallest absolute Gasteiger partial charge is 0.255 e. The van der Waals surface area contributed by atoms with Crippen LogP contribution in [0.2, 0.25) is 5.15 Å². The van der Waals surface area contributed by atoms with Crippen LogP contribution in [0, 0.1) is 6.92 Å². The molecule has 0 spiro atoms. The number of nitrogens with one attached hydrogen (secondary N) is 2. The van der Waals surface area contributed by atoms with E-state index in [9.17, 15) is 4.79 Å². The summed E-state index contributed by atoms with van der Waals surface area (Å²) in [5.74, 6) is 0.348. The fourth-order valence-corrected chi connectivity index (χ4v) is 1.93.